The van der Waals surface area contributed by atoms with Crippen molar-refractivity contribution < 1.29 is 31.6 Å². The standard InChI is InChI=1S/C32H36FNO6S/c1-21-12-14-25(15-13-21)41(37,38)40-20-23-16-24-18-34(31(35)22(2)26-8-4-7-11-30(26)39-3)19-28(24)32(36,17-23)27-9-5-6-10-29(27)33/h4-15,22-24,28,36H,16-20H2,1-3H3/t22-,23+,24-,28+,32+/m0/s1. The van der Waals surface area contributed by atoms with Crippen LogP contribution in [0.4, 0.5) is 4.39 Å². The van der Waals surface area contributed by atoms with E-state index in [4.69, 9.17) is 8.92 Å². The molecule has 1 saturated heterocycles. The first-order chi connectivity index (χ1) is 19.5. The topological polar surface area (TPSA) is 93.1 Å². The first-order valence-corrected chi connectivity index (χ1v) is 15.3. The number of hydrogen-bond acceptors (Lipinski definition) is 6. The average Bonchev–Trinajstić information content (AvgIpc) is 3.41. The zero-order valence-corrected chi connectivity index (χ0v) is 24.3. The van der Waals surface area contributed by atoms with Crippen molar-refractivity contribution in [3.05, 3.63) is 95.3 Å². The molecule has 1 heterocycles. The van der Waals surface area contributed by atoms with Gasteiger partial charge in [0, 0.05) is 30.1 Å². The van der Waals surface area contributed by atoms with Gasteiger partial charge in [0.2, 0.25) is 5.91 Å². The van der Waals surface area contributed by atoms with E-state index in [9.17, 15) is 18.3 Å². The van der Waals surface area contributed by atoms with Gasteiger partial charge in [0.15, 0.2) is 0 Å². The van der Waals surface area contributed by atoms with Gasteiger partial charge in [-0.1, -0.05) is 54.1 Å². The van der Waals surface area contributed by atoms with Crippen LogP contribution in [0.25, 0.3) is 0 Å². The second-order valence-electron chi connectivity index (χ2n) is 11.3. The molecule has 41 heavy (non-hydrogen) atoms. The fourth-order valence-corrected chi connectivity index (χ4v) is 7.55. The van der Waals surface area contributed by atoms with Crippen molar-refractivity contribution in [2.75, 3.05) is 26.8 Å². The Bertz CT molecular complexity index is 1510. The van der Waals surface area contributed by atoms with E-state index in [1.807, 2.05) is 38.1 Å². The smallest absolute Gasteiger partial charge is 0.296 e. The van der Waals surface area contributed by atoms with E-state index in [0.717, 1.165) is 11.1 Å². The summed E-state index contributed by atoms with van der Waals surface area (Å²) in [6, 6.07) is 19.9. The van der Waals surface area contributed by atoms with Gasteiger partial charge in [-0.15, -0.1) is 0 Å². The van der Waals surface area contributed by atoms with Gasteiger partial charge >= 0.3 is 0 Å². The number of carbonyl (C=O) groups is 1. The molecule has 9 heteroatoms. The van der Waals surface area contributed by atoms with E-state index in [-0.39, 0.29) is 47.8 Å². The fraction of sp³-hybridized carbons (Fsp3) is 0.406. The number of amides is 1. The summed E-state index contributed by atoms with van der Waals surface area (Å²) in [5, 5.41) is 12.2. The van der Waals surface area contributed by atoms with E-state index in [1.54, 1.807) is 42.3 Å². The molecule has 5 rings (SSSR count). The fourth-order valence-electron chi connectivity index (χ4n) is 6.57. The maximum Gasteiger partial charge on any atom is 0.296 e. The molecular formula is C32H36FNO6S. The number of ether oxygens (including phenoxy) is 1. The maximum atomic E-state index is 15.1. The molecule has 1 aliphatic carbocycles. The third-order valence-corrected chi connectivity index (χ3v) is 9.98. The predicted octanol–water partition coefficient (Wildman–Crippen LogP) is 5.02. The molecule has 1 N–H and O–H groups in total. The quantitative estimate of drug-likeness (QED) is 0.376. The molecule has 0 aromatic heterocycles. The molecule has 1 aliphatic heterocycles. The lowest BCUT2D eigenvalue weighted by atomic mass is 9.64. The zero-order chi connectivity index (χ0) is 29.4. The van der Waals surface area contributed by atoms with Crippen LogP contribution in [0.2, 0.25) is 0 Å². The van der Waals surface area contributed by atoms with Crippen LogP contribution in [0.1, 0.15) is 42.4 Å². The Morgan fingerprint density at radius 2 is 1.76 bits per heavy atom. The molecule has 3 aromatic carbocycles. The van der Waals surface area contributed by atoms with E-state index >= 15 is 4.39 Å². The second-order valence-corrected chi connectivity index (χ2v) is 13.0. The Morgan fingerprint density at radius 3 is 2.46 bits per heavy atom. The Labute approximate surface area is 241 Å². The number of carbonyl (C=O) groups excluding carboxylic acids is 1. The second kappa shape index (κ2) is 11.5. The van der Waals surface area contributed by atoms with Crippen LogP contribution < -0.4 is 4.74 Å². The van der Waals surface area contributed by atoms with Crippen LogP contribution in [0.5, 0.6) is 5.75 Å². The molecule has 2 aliphatic rings. The van der Waals surface area contributed by atoms with Crippen LogP contribution in [0, 0.1) is 30.5 Å². The number of aryl methyl sites for hydroxylation is 1. The number of likely N-dealkylation sites (tertiary alicyclic amines) is 1. The highest BCUT2D eigenvalue weighted by Crippen LogP contribution is 2.51. The predicted molar refractivity (Wildman–Crippen MR) is 152 cm³/mol. The number of halogens is 1. The minimum Gasteiger partial charge on any atom is -0.496 e. The first-order valence-electron chi connectivity index (χ1n) is 13.9. The first kappa shape index (κ1) is 29.2. The van der Waals surface area contributed by atoms with Crippen LogP contribution in [0.3, 0.4) is 0 Å². The monoisotopic (exact) mass is 581 g/mol. The highest BCUT2D eigenvalue weighted by Gasteiger charge is 2.54. The Hall–Kier alpha value is -3.27. The number of nitrogens with zero attached hydrogens (tertiary/aromatic N) is 1. The van der Waals surface area contributed by atoms with Crippen LogP contribution >= 0.6 is 0 Å². The van der Waals surface area contributed by atoms with Crippen molar-refractivity contribution >= 4 is 16.0 Å². The van der Waals surface area contributed by atoms with Gasteiger partial charge in [0.25, 0.3) is 10.1 Å². The van der Waals surface area contributed by atoms with Gasteiger partial charge in [0.05, 0.1) is 30.1 Å². The molecule has 1 saturated carbocycles. The highest BCUT2D eigenvalue weighted by molar-refractivity contribution is 7.86. The van der Waals surface area contributed by atoms with E-state index in [1.165, 1.54) is 18.2 Å². The maximum absolute atomic E-state index is 15.1. The molecule has 1 amide bonds. The van der Waals surface area contributed by atoms with Gasteiger partial charge in [-0.2, -0.15) is 8.42 Å². The zero-order valence-electron chi connectivity index (χ0n) is 23.5. The van der Waals surface area contributed by atoms with Crippen molar-refractivity contribution in [1.82, 2.24) is 4.90 Å². The lowest BCUT2D eigenvalue weighted by Crippen LogP contribution is -2.47. The summed E-state index contributed by atoms with van der Waals surface area (Å²) < 4.78 is 51.9. The molecule has 0 radical (unpaired) electrons. The van der Waals surface area contributed by atoms with E-state index in [2.05, 4.69) is 0 Å². The van der Waals surface area contributed by atoms with E-state index in [0.29, 0.717) is 18.7 Å². The lowest BCUT2D eigenvalue weighted by molar-refractivity contribution is -0.132. The molecule has 7 nitrogen and oxygen atoms in total. The highest BCUT2D eigenvalue weighted by atomic mass is 32.2. The average molecular weight is 582 g/mol. The number of methoxy groups -OCH3 is 1. The number of para-hydroxylation sites is 1. The summed E-state index contributed by atoms with van der Waals surface area (Å²) in [6.45, 7) is 4.19. The minimum atomic E-state index is -4.01. The summed E-state index contributed by atoms with van der Waals surface area (Å²) in [6.07, 6.45) is 0.653. The molecule has 2 fully saturated rings. The molecule has 3 aromatic rings. The summed E-state index contributed by atoms with van der Waals surface area (Å²) in [4.78, 5) is 15.5. The third-order valence-electron chi connectivity index (χ3n) is 8.69. The SMILES string of the molecule is COc1ccccc1[C@H](C)C(=O)N1C[C@@H]2C[C@@H](COS(=O)(=O)c3ccc(C)cc3)C[C@@](O)(c3ccccc3F)[C@@H]2C1. The molecule has 0 spiro atoms. The Kier molecular flexibility index (Phi) is 8.23. The van der Waals surface area contributed by atoms with Crippen molar-refractivity contribution in [2.45, 2.75) is 43.1 Å². The lowest BCUT2D eigenvalue weighted by Gasteiger charge is -2.44. The summed E-state index contributed by atoms with van der Waals surface area (Å²) in [5.41, 5.74) is 0.260. The number of benzene rings is 3. The van der Waals surface area contributed by atoms with Crippen molar-refractivity contribution in [2.24, 2.45) is 17.8 Å². The summed E-state index contributed by atoms with van der Waals surface area (Å²) in [7, 11) is -2.45. The number of rotatable bonds is 8. The van der Waals surface area contributed by atoms with Crippen molar-refractivity contribution in [1.29, 1.82) is 0 Å². The van der Waals surface area contributed by atoms with Crippen molar-refractivity contribution in [3.63, 3.8) is 0 Å². The molecule has 218 valence electrons. The largest absolute Gasteiger partial charge is 0.496 e. The number of fused-ring (bicyclic) bond motifs is 1. The Balaban J connectivity index is 1.40. The van der Waals surface area contributed by atoms with Crippen LogP contribution in [-0.4, -0.2) is 51.1 Å². The number of aliphatic hydroxyl groups is 1. The normalized spacial score (nSPS) is 25.0. The van der Waals surface area contributed by atoms with Gasteiger partial charge in [-0.3, -0.25) is 8.98 Å². The van der Waals surface area contributed by atoms with Gasteiger partial charge < -0.3 is 14.7 Å². The molecular weight excluding hydrogens is 545 g/mol. The Morgan fingerprint density at radius 1 is 1.07 bits per heavy atom. The molecule has 0 bridgehead atoms. The number of hydrogen-bond donors (Lipinski definition) is 1. The van der Waals surface area contributed by atoms with Gasteiger partial charge in [-0.25, -0.2) is 4.39 Å². The van der Waals surface area contributed by atoms with Gasteiger partial charge in [0.1, 0.15) is 11.6 Å². The summed E-state index contributed by atoms with van der Waals surface area (Å²) >= 11 is 0. The van der Waals surface area contributed by atoms with Crippen molar-refractivity contribution in [3.8, 4) is 5.75 Å². The van der Waals surface area contributed by atoms with E-state index < -0.39 is 33.4 Å². The molecule has 0 unspecified atom stereocenters. The third kappa shape index (κ3) is 5.76. The summed E-state index contributed by atoms with van der Waals surface area (Å²) in [5.74, 6) is -1.45. The van der Waals surface area contributed by atoms with Gasteiger partial charge in [-0.05, 0) is 62.8 Å². The minimum absolute atomic E-state index is 0.0594. The molecule has 5 atom stereocenters. The van der Waals surface area contributed by atoms with Crippen LogP contribution in [0.15, 0.2) is 77.7 Å². The van der Waals surface area contributed by atoms with Crippen LogP contribution in [-0.2, 0) is 24.7 Å².